The van der Waals surface area contributed by atoms with Crippen LogP contribution in [0.1, 0.15) is 63.1 Å². The number of nitrogens with two attached hydrogens (primary N) is 1. The fourth-order valence-electron chi connectivity index (χ4n) is 6.33. The molecule has 19 heavy (non-hydrogen) atoms. The quantitative estimate of drug-likeness (QED) is 0.891. The summed E-state index contributed by atoms with van der Waals surface area (Å²) in [5.74, 6) is 0.941. The first kappa shape index (κ1) is 12.3. The van der Waals surface area contributed by atoms with E-state index in [4.69, 9.17) is 10.7 Å². The highest BCUT2D eigenvalue weighted by Gasteiger charge is 2.61. The highest BCUT2D eigenvalue weighted by Crippen LogP contribution is 2.69. The summed E-state index contributed by atoms with van der Waals surface area (Å²) in [6, 6.07) is 0. The lowest BCUT2D eigenvalue weighted by atomic mass is 9.40. The zero-order chi connectivity index (χ0) is 13.3. The first-order valence-corrected chi connectivity index (χ1v) is 8.47. The number of hydrogen-bond donors (Lipinski definition) is 1. The van der Waals surface area contributed by atoms with Gasteiger partial charge in [-0.1, -0.05) is 13.8 Å². The second kappa shape index (κ2) is 3.62. The Morgan fingerprint density at radius 2 is 1.89 bits per heavy atom. The summed E-state index contributed by atoms with van der Waals surface area (Å²) in [7, 11) is 0. The van der Waals surface area contributed by atoms with Crippen LogP contribution in [-0.2, 0) is 12.0 Å². The van der Waals surface area contributed by atoms with Crippen LogP contribution >= 0.6 is 11.3 Å². The second-order valence-corrected chi connectivity index (χ2v) is 9.12. The average molecular weight is 276 g/mol. The van der Waals surface area contributed by atoms with Crippen LogP contribution in [0.3, 0.4) is 0 Å². The molecule has 104 valence electrons. The maximum Gasteiger partial charge on any atom is 0.0991 e. The third-order valence-electron chi connectivity index (χ3n) is 5.84. The Morgan fingerprint density at radius 1 is 1.21 bits per heavy atom. The van der Waals surface area contributed by atoms with E-state index in [-0.39, 0.29) is 0 Å². The van der Waals surface area contributed by atoms with Crippen molar-refractivity contribution in [1.29, 1.82) is 0 Å². The highest BCUT2D eigenvalue weighted by molar-refractivity contribution is 7.09. The molecule has 0 radical (unpaired) electrons. The molecule has 1 aromatic rings. The highest BCUT2D eigenvalue weighted by atomic mass is 32.1. The molecule has 4 bridgehead atoms. The van der Waals surface area contributed by atoms with E-state index >= 15 is 0 Å². The van der Waals surface area contributed by atoms with E-state index in [1.165, 1.54) is 43.5 Å². The summed E-state index contributed by atoms with van der Waals surface area (Å²) in [4.78, 5) is 4.87. The Bertz CT molecular complexity index is 503. The molecule has 2 atom stereocenters. The van der Waals surface area contributed by atoms with E-state index in [2.05, 4.69) is 19.2 Å². The van der Waals surface area contributed by atoms with Crippen molar-refractivity contribution in [1.82, 2.24) is 4.98 Å². The Labute approximate surface area is 119 Å². The minimum atomic E-state index is 0.390. The van der Waals surface area contributed by atoms with Crippen molar-refractivity contribution >= 4 is 11.3 Å². The monoisotopic (exact) mass is 276 g/mol. The van der Waals surface area contributed by atoms with Gasteiger partial charge in [-0.25, -0.2) is 4.98 Å². The summed E-state index contributed by atoms with van der Waals surface area (Å²) < 4.78 is 0. The average Bonchev–Trinajstić information content (AvgIpc) is 2.72. The van der Waals surface area contributed by atoms with Crippen LogP contribution in [0.4, 0.5) is 0 Å². The van der Waals surface area contributed by atoms with Gasteiger partial charge < -0.3 is 5.73 Å². The Kier molecular flexibility index (Phi) is 2.35. The van der Waals surface area contributed by atoms with E-state index in [1.54, 1.807) is 0 Å². The standard InChI is InChI=1S/C16H24N2S/c1-14-3-11-4-15(2,8-14)10-16(5-11,9-14)13-18-12(6-17)7-19-13/h7,11H,3-6,8-10,17H2,1-2H3. The van der Waals surface area contributed by atoms with E-state index in [0.717, 1.165) is 11.6 Å². The fourth-order valence-corrected chi connectivity index (χ4v) is 7.37. The van der Waals surface area contributed by atoms with Gasteiger partial charge in [-0.15, -0.1) is 11.3 Å². The molecular formula is C16H24N2S. The van der Waals surface area contributed by atoms with E-state index in [1.807, 2.05) is 11.3 Å². The maximum atomic E-state index is 5.75. The molecule has 2 unspecified atom stereocenters. The molecule has 1 heterocycles. The minimum Gasteiger partial charge on any atom is -0.325 e. The molecule has 3 heteroatoms. The van der Waals surface area contributed by atoms with Gasteiger partial charge >= 0.3 is 0 Å². The normalized spacial score (nSPS) is 47.8. The maximum absolute atomic E-state index is 5.75. The van der Waals surface area contributed by atoms with Crippen molar-refractivity contribution in [2.45, 2.75) is 64.3 Å². The van der Waals surface area contributed by atoms with Gasteiger partial charge in [0, 0.05) is 17.3 Å². The summed E-state index contributed by atoms with van der Waals surface area (Å²) in [6.45, 7) is 5.65. The van der Waals surface area contributed by atoms with Gasteiger partial charge in [0.15, 0.2) is 0 Å². The molecule has 0 aromatic carbocycles. The number of rotatable bonds is 2. The molecule has 5 rings (SSSR count). The Hall–Kier alpha value is -0.410. The van der Waals surface area contributed by atoms with Crippen LogP contribution in [0.25, 0.3) is 0 Å². The second-order valence-electron chi connectivity index (χ2n) is 8.26. The molecule has 0 amide bonds. The smallest absolute Gasteiger partial charge is 0.0991 e. The van der Waals surface area contributed by atoms with E-state index in [0.29, 0.717) is 22.8 Å². The van der Waals surface area contributed by atoms with Crippen LogP contribution in [0, 0.1) is 16.7 Å². The molecule has 0 aliphatic heterocycles. The van der Waals surface area contributed by atoms with Crippen LogP contribution in [0.5, 0.6) is 0 Å². The van der Waals surface area contributed by atoms with Gasteiger partial charge in [0.05, 0.1) is 10.7 Å². The molecular weight excluding hydrogens is 252 g/mol. The van der Waals surface area contributed by atoms with Crippen LogP contribution in [0.15, 0.2) is 5.38 Å². The number of aromatic nitrogens is 1. The lowest BCUT2D eigenvalue weighted by Crippen LogP contribution is -2.56. The molecule has 1 aromatic heterocycles. The summed E-state index contributed by atoms with van der Waals surface area (Å²) in [5, 5.41) is 3.58. The van der Waals surface area contributed by atoms with Crippen molar-refractivity contribution < 1.29 is 0 Å². The van der Waals surface area contributed by atoms with Crippen molar-refractivity contribution in [3.05, 3.63) is 16.1 Å². The van der Waals surface area contributed by atoms with Crippen molar-refractivity contribution in [2.75, 3.05) is 0 Å². The van der Waals surface area contributed by atoms with E-state index in [9.17, 15) is 0 Å². The predicted molar refractivity (Wildman–Crippen MR) is 79.1 cm³/mol. The number of hydrogen-bond acceptors (Lipinski definition) is 3. The lowest BCUT2D eigenvalue weighted by molar-refractivity contribution is -0.110. The summed E-state index contributed by atoms with van der Waals surface area (Å²) >= 11 is 1.87. The molecule has 2 N–H and O–H groups in total. The van der Waals surface area contributed by atoms with Crippen molar-refractivity contribution in [3.63, 3.8) is 0 Å². The minimum absolute atomic E-state index is 0.390. The molecule has 0 saturated heterocycles. The zero-order valence-corrected chi connectivity index (χ0v) is 12.9. The predicted octanol–water partition coefficient (Wildman–Crippen LogP) is 3.85. The number of nitrogens with zero attached hydrogens (tertiary/aromatic N) is 1. The third kappa shape index (κ3) is 1.74. The zero-order valence-electron chi connectivity index (χ0n) is 12.0. The third-order valence-corrected chi connectivity index (χ3v) is 6.98. The van der Waals surface area contributed by atoms with Crippen LogP contribution < -0.4 is 5.73 Å². The van der Waals surface area contributed by atoms with Crippen LogP contribution in [0.2, 0.25) is 0 Å². The van der Waals surface area contributed by atoms with Gasteiger partial charge in [-0.3, -0.25) is 0 Å². The first-order chi connectivity index (χ1) is 8.94. The van der Waals surface area contributed by atoms with Crippen molar-refractivity contribution in [3.8, 4) is 0 Å². The van der Waals surface area contributed by atoms with Gasteiger partial charge in [0.2, 0.25) is 0 Å². The van der Waals surface area contributed by atoms with Gasteiger partial charge in [0.1, 0.15) is 0 Å². The molecule has 0 spiro atoms. The SMILES string of the molecule is CC12CC3CC(C)(C1)CC(c1nc(CN)cs1)(C3)C2. The van der Waals surface area contributed by atoms with E-state index < -0.39 is 0 Å². The Balaban J connectivity index is 1.78. The van der Waals surface area contributed by atoms with Crippen LogP contribution in [-0.4, -0.2) is 4.98 Å². The molecule has 4 saturated carbocycles. The van der Waals surface area contributed by atoms with Gasteiger partial charge in [-0.05, 0) is 55.3 Å². The van der Waals surface area contributed by atoms with Crippen molar-refractivity contribution in [2.24, 2.45) is 22.5 Å². The topological polar surface area (TPSA) is 38.9 Å². The van der Waals surface area contributed by atoms with Gasteiger partial charge in [-0.2, -0.15) is 0 Å². The Morgan fingerprint density at radius 3 is 2.42 bits per heavy atom. The molecule has 2 nitrogen and oxygen atoms in total. The first-order valence-electron chi connectivity index (χ1n) is 7.59. The number of thiazole rings is 1. The largest absolute Gasteiger partial charge is 0.325 e. The molecule has 4 fully saturated rings. The lowest BCUT2D eigenvalue weighted by Gasteiger charge is -2.64. The molecule has 4 aliphatic carbocycles. The fraction of sp³-hybridized carbons (Fsp3) is 0.812. The van der Waals surface area contributed by atoms with Gasteiger partial charge in [0.25, 0.3) is 0 Å². The summed E-state index contributed by atoms with van der Waals surface area (Å²) in [5.41, 5.74) is 8.37. The molecule has 4 aliphatic rings. The summed E-state index contributed by atoms with van der Waals surface area (Å²) in [6.07, 6.45) is 8.47.